The van der Waals surface area contributed by atoms with Crippen molar-refractivity contribution < 1.29 is 4.39 Å². The maximum Gasteiger partial charge on any atom is 0.131 e. The molecular formula is C13H15FN4. The number of benzene rings is 1. The maximum atomic E-state index is 12.7. The van der Waals surface area contributed by atoms with Crippen LogP contribution in [0, 0.1) is 12.7 Å². The van der Waals surface area contributed by atoms with E-state index in [4.69, 9.17) is 5.73 Å². The van der Waals surface area contributed by atoms with Crippen LogP contribution in [0.4, 0.5) is 16.0 Å². The van der Waals surface area contributed by atoms with Gasteiger partial charge in [-0.3, -0.25) is 0 Å². The highest BCUT2D eigenvalue weighted by atomic mass is 19.1. The molecule has 0 unspecified atom stereocenters. The highest BCUT2D eigenvalue weighted by molar-refractivity contribution is 5.44. The highest BCUT2D eigenvalue weighted by Crippen LogP contribution is 2.08. The number of nitrogen functional groups attached to an aromatic ring is 1. The van der Waals surface area contributed by atoms with Gasteiger partial charge in [0, 0.05) is 12.6 Å². The van der Waals surface area contributed by atoms with Crippen molar-refractivity contribution in [3.63, 3.8) is 0 Å². The number of nitrogens with one attached hydrogen (secondary N) is 1. The quantitative estimate of drug-likeness (QED) is 0.867. The predicted octanol–water partition coefficient (Wildman–Crippen LogP) is 2.16. The topological polar surface area (TPSA) is 63.8 Å². The molecule has 1 aromatic heterocycles. The van der Waals surface area contributed by atoms with Crippen LogP contribution < -0.4 is 11.1 Å². The van der Waals surface area contributed by atoms with Crippen LogP contribution in [0.1, 0.15) is 11.4 Å². The first-order chi connectivity index (χ1) is 8.63. The van der Waals surface area contributed by atoms with Crippen LogP contribution in [-0.2, 0) is 6.42 Å². The number of aromatic nitrogens is 2. The Bertz CT molecular complexity index is 505. The number of halogens is 1. The van der Waals surface area contributed by atoms with E-state index in [1.54, 1.807) is 25.1 Å². The van der Waals surface area contributed by atoms with E-state index in [-0.39, 0.29) is 5.82 Å². The molecule has 0 bridgehead atoms. The fraction of sp³-hybridized carbons (Fsp3) is 0.231. The van der Waals surface area contributed by atoms with Gasteiger partial charge in [0.15, 0.2) is 0 Å². The molecule has 0 aliphatic heterocycles. The largest absolute Gasteiger partial charge is 0.384 e. The molecule has 0 aliphatic carbocycles. The summed E-state index contributed by atoms with van der Waals surface area (Å²) in [5.74, 6) is 1.58. The van der Waals surface area contributed by atoms with Crippen LogP contribution in [0.25, 0.3) is 0 Å². The molecule has 0 saturated heterocycles. The van der Waals surface area contributed by atoms with E-state index in [9.17, 15) is 4.39 Å². The molecule has 0 saturated carbocycles. The fourth-order valence-corrected chi connectivity index (χ4v) is 1.67. The van der Waals surface area contributed by atoms with E-state index < -0.39 is 0 Å². The van der Waals surface area contributed by atoms with Gasteiger partial charge >= 0.3 is 0 Å². The Hall–Kier alpha value is -2.17. The zero-order chi connectivity index (χ0) is 13.0. The molecule has 18 heavy (non-hydrogen) atoms. The summed E-state index contributed by atoms with van der Waals surface area (Å²) < 4.78 is 12.7. The molecule has 0 amide bonds. The van der Waals surface area contributed by atoms with Gasteiger partial charge < -0.3 is 11.1 Å². The lowest BCUT2D eigenvalue weighted by Gasteiger charge is -2.07. The molecule has 5 heteroatoms. The Kier molecular flexibility index (Phi) is 3.72. The number of anilines is 2. The third-order valence-corrected chi connectivity index (χ3v) is 2.49. The summed E-state index contributed by atoms with van der Waals surface area (Å²) in [5, 5.41) is 3.16. The number of nitrogens with two attached hydrogens (primary N) is 1. The molecule has 2 rings (SSSR count). The Morgan fingerprint density at radius 2 is 1.94 bits per heavy atom. The monoisotopic (exact) mass is 246 g/mol. The summed E-state index contributed by atoms with van der Waals surface area (Å²) in [5.41, 5.74) is 6.70. The van der Waals surface area contributed by atoms with Crippen LogP contribution in [0.2, 0.25) is 0 Å². The summed E-state index contributed by atoms with van der Waals surface area (Å²) in [7, 11) is 0. The predicted molar refractivity (Wildman–Crippen MR) is 69.8 cm³/mol. The van der Waals surface area contributed by atoms with Crippen molar-refractivity contribution in [2.24, 2.45) is 0 Å². The molecule has 94 valence electrons. The van der Waals surface area contributed by atoms with Crippen molar-refractivity contribution in [2.45, 2.75) is 13.3 Å². The minimum absolute atomic E-state index is 0.217. The first-order valence-corrected chi connectivity index (χ1v) is 5.73. The van der Waals surface area contributed by atoms with Crippen molar-refractivity contribution in [3.05, 3.63) is 47.5 Å². The van der Waals surface area contributed by atoms with Crippen molar-refractivity contribution in [2.75, 3.05) is 17.6 Å². The van der Waals surface area contributed by atoms with Crippen molar-refractivity contribution >= 4 is 11.6 Å². The molecule has 0 radical (unpaired) electrons. The van der Waals surface area contributed by atoms with Crippen LogP contribution in [-0.4, -0.2) is 16.5 Å². The lowest BCUT2D eigenvalue weighted by molar-refractivity contribution is 0.627. The molecule has 0 aliphatic rings. The summed E-state index contributed by atoms with van der Waals surface area (Å²) in [4.78, 5) is 8.21. The van der Waals surface area contributed by atoms with Gasteiger partial charge in [-0.15, -0.1) is 0 Å². The van der Waals surface area contributed by atoms with Gasteiger partial charge in [0.2, 0.25) is 0 Å². The highest BCUT2D eigenvalue weighted by Gasteiger charge is 1.99. The molecule has 4 nitrogen and oxygen atoms in total. The molecule has 2 aromatic rings. The minimum Gasteiger partial charge on any atom is -0.384 e. The third-order valence-electron chi connectivity index (χ3n) is 2.49. The van der Waals surface area contributed by atoms with Gasteiger partial charge in [0.1, 0.15) is 23.3 Å². The first kappa shape index (κ1) is 12.3. The Labute approximate surface area is 105 Å². The molecule has 0 atom stereocenters. The molecule has 0 fully saturated rings. The van der Waals surface area contributed by atoms with Gasteiger partial charge in [-0.05, 0) is 31.0 Å². The summed E-state index contributed by atoms with van der Waals surface area (Å²) in [6.07, 6.45) is 0.795. The number of hydrogen-bond donors (Lipinski definition) is 2. The zero-order valence-corrected chi connectivity index (χ0v) is 10.2. The van der Waals surface area contributed by atoms with Gasteiger partial charge in [-0.25, -0.2) is 14.4 Å². The Morgan fingerprint density at radius 1 is 1.22 bits per heavy atom. The smallest absolute Gasteiger partial charge is 0.131 e. The second-order valence-electron chi connectivity index (χ2n) is 4.03. The SMILES string of the molecule is Cc1nc(N)cc(NCCc2ccc(F)cc2)n1. The number of hydrogen-bond acceptors (Lipinski definition) is 4. The second kappa shape index (κ2) is 5.44. The average Bonchev–Trinajstić information content (AvgIpc) is 2.30. The number of aryl methyl sites for hydroxylation is 1. The Balaban J connectivity index is 1.90. The normalized spacial score (nSPS) is 10.3. The molecule has 1 heterocycles. The van der Waals surface area contributed by atoms with E-state index in [0.29, 0.717) is 24.0 Å². The molecule has 1 aromatic carbocycles. The fourth-order valence-electron chi connectivity index (χ4n) is 1.67. The third kappa shape index (κ3) is 3.41. The molecule has 0 spiro atoms. The Morgan fingerprint density at radius 3 is 2.61 bits per heavy atom. The van der Waals surface area contributed by atoms with Crippen LogP contribution in [0.3, 0.4) is 0 Å². The van der Waals surface area contributed by atoms with Crippen LogP contribution in [0.5, 0.6) is 0 Å². The van der Waals surface area contributed by atoms with Crippen molar-refractivity contribution in [1.29, 1.82) is 0 Å². The number of rotatable bonds is 4. The minimum atomic E-state index is -0.217. The standard InChI is InChI=1S/C13H15FN4/c1-9-17-12(15)8-13(18-9)16-7-6-10-2-4-11(14)5-3-10/h2-5,8H,6-7H2,1H3,(H3,15,16,17,18). The van der Waals surface area contributed by atoms with E-state index in [0.717, 1.165) is 12.0 Å². The van der Waals surface area contributed by atoms with Crippen molar-refractivity contribution in [1.82, 2.24) is 9.97 Å². The van der Waals surface area contributed by atoms with Gasteiger partial charge in [0.05, 0.1) is 0 Å². The molecular weight excluding hydrogens is 231 g/mol. The van der Waals surface area contributed by atoms with E-state index in [2.05, 4.69) is 15.3 Å². The van der Waals surface area contributed by atoms with Gasteiger partial charge in [0.25, 0.3) is 0 Å². The van der Waals surface area contributed by atoms with E-state index >= 15 is 0 Å². The average molecular weight is 246 g/mol. The summed E-state index contributed by atoms with van der Waals surface area (Å²) in [6.45, 7) is 2.50. The second-order valence-corrected chi connectivity index (χ2v) is 4.03. The van der Waals surface area contributed by atoms with E-state index in [1.165, 1.54) is 12.1 Å². The summed E-state index contributed by atoms with van der Waals surface area (Å²) in [6, 6.07) is 8.16. The maximum absolute atomic E-state index is 12.7. The molecule has 3 N–H and O–H groups in total. The lowest BCUT2D eigenvalue weighted by atomic mass is 10.1. The lowest BCUT2D eigenvalue weighted by Crippen LogP contribution is -2.08. The van der Waals surface area contributed by atoms with Crippen molar-refractivity contribution in [3.8, 4) is 0 Å². The van der Waals surface area contributed by atoms with Gasteiger partial charge in [-0.1, -0.05) is 12.1 Å². The summed E-state index contributed by atoms with van der Waals surface area (Å²) >= 11 is 0. The zero-order valence-electron chi connectivity index (χ0n) is 10.2. The first-order valence-electron chi connectivity index (χ1n) is 5.73. The van der Waals surface area contributed by atoms with Crippen LogP contribution >= 0.6 is 0 Å². The van der Waals surface area contributed by atoms with Gasteiger partial charge in [-0.2, -0.15) is 0 Å². The van der Waals surface area contributed by atoms with Crippen LogP contribution in [0.15, 0.2) is 30.3 Å². The number of nitrogens with zero attached hydrogens (tertiary/aromatic N) is 2. The van der Waals surface area contributed by atoms with E-state index in [1.807, 2.05) is 0 Å².